The van der Waals surface area contributed by atoms with E-state index in [9.17, 15) is 0 Å². The fourth-order valence-corrected chi connectivity index (χ4v) is 2.11. The minimum Gasteiger partial charge on any atom is -0.260 e. The summed E-state index contributed by atoms with van der Waals surface area (Å²) < 4.78 is 0. The molecule has 3 aromatic rings. The van der Waals surface area contributed by atoms with Crippen LogP contribution in [-0.4, -0.2) is 4.98 Å². The van der Waals surface area contributed by atoms with Crippen LogP contribution >= 0.6 is 17.0 Å². The van der Waals surface area contributed by atoms with Crippen molar-refractivity contribution in [3.8, 4) is 0 Å². The summed E-state index contributed by atoms with van der Waals surface area (Å²) in [4.78, 5) is 4.50. The van der Waals surface area contributed by atoms with Crippen molar-refractivity contribution in [3.05, 3.63) is 78.1 Å². The Kier molecular flexibility index (Phi) is 4.11. The number of halogens is 1. The molecule has 90 valence electrons. The molecule has 0 atom stereocenters. The molecule has 0 N–H and O–H groups in total. The van der Waals surface area contributed by atoms with Gasteiger partial charge in [-0.2, -0.15) is 0 Å². The molecule has 0 saturated heterocycles. The fourth-order valence-electron chi connectivity index (χ4n) is 2.11. The summed E-state index contributed by atoms with van der Waals surface area (Å²) in [6, 6.07) is 20.9. The van der Waals surface area contributed by atoms with Gasteiger partial charge in [-0.25, -0.2) is 0 Å². The predicted molar refractivity (Wildman–Crippen MR) is 81.3 cm³/mol. The number of nitrogens with zero attached hydrogens (tertiary/aromatic N) is 1. The van der Waals surface area contributed by atoms with Crippen molar-refractivity contribution in [2.45, 2.75) is 6.42 Å². The van der Waals surface area contributed by atoms with Crippen molar-refractivity contribution >= 4 is 27.8 Å². The van der Waals surface area contributed by atoms with Crippen molar-refractivity contribution in [2.24, 2.45) is 0 Å². The lowest BCUT2D eigenvalue weighted by Gasteiger charge is -2.05. The zero-order valence-electron chi connectivity index (χ0n) is 9.91. The second kappa shape index (κ2) is 5.78. The van der Waals surface area contributed by atoms with Crippen LogP contribution in [0.3, 0.4) is 0 Å². The van der Waals surface area contributed by atoms with Gasteiger partial charge in [0.05, 0.1) is 5.69 Å². The van der Waals surface area contributed by atoms with Gasteiger partial charge in [-0.15, -0.1) is 17.0 Å². The van der Waals surface area contributed by atoms with Crippen LogP contribution in [0.25, 0.3) is 10.8 Å². The van der Waals surface area contributed by atoms with Crippen LogP contribution in [0, 0.1) is 0 Å². The molecule has 0 bridgehead atoms. The van der Waals surface area contributed by atoms with E-state index in [1.165, 1.54) is 16.3 Å². The second-order valence-electron chi connectivity index (χ2n) is 4.14. The highest BCUT2D eigenvalue weighted by atomic mass is 79.9. The van der Waals surface area contributed by atoms with Crippen LogP contribution < -0.4 is 0 Å². The van der Waals surface area contributed by atoms with Crippen molar-refractivity contribution in [2.75, 3.05) is 0 Å². The van der Waals surface area contributed by atoms with Gasteiger partial charge in [0.2, 0.25) is 0 Å². The Bertz CT molecular complexity index is 629. The van der Waals surface area contributed by atoms with Crippen LogP contribution in [0.15, 0.2) is 66.9 Å². The molecule has 0 unspecified atom stereocenters. The zero-order valence-corrected chi connectivity index (χ0v) is 11.6. The first-order chi connectivity index (χ1) is 8.43. The number of fused-ring (bicyclic) bond motifs is 1. The molecule has 0 saturated carbocycles. The Morgan fingerprint density at radius 3 is 2.33 bits per heavy atom. The van der Waals surface area contributed by atoms with E-state index in [4.69, 9.17) is 0 Å². The topological polar surface area (TPSA) is 12.9 Å². The molecule has 18 heavy (non-hydrogen) atoms. The van der Waals surface area contributed by atoms with E-state index in [1.807, 2.05) is 12.3 Å². The summed E-state index contributed by atoms with van der Waals surface area (Å²) in [6.07, 6.45) is 2.78. The molecule has 0 aliphatic rings. The highest BCUT2D eigenvalue weighted by Crippen LogP contribution is 2.18. The first-order valence-corrected chi connectivity index (χ1v) is 5.80. The van der Waals surface area contributed by atoms with Crippen molar-refractivity contribution in [3.63, 3.8) is 0 Å². The Labute approximate surface area is 117 Å². The Hall–Kier alpha value is -1.67. The number of aromatic nitrogens is 1. The summed E-state index contributed by atoms with van der Waals surface area (Å²) in [7, 11) is 0. The largest absolute Gasteiger partial charge is 0.260 e. The summed E-state index contributed by atoms with van der Waals surface area (Å²) >= 11 is 0. The summed E-state index contributed by atoms with van der Waals surface area (Å²) in [5.74, 6) is 0. The maximum atomic E-state index is 4.50. The number of benzene rings is 2. The predicted octanol–water partition coefficient (Wildman–Crippen LogP) is 4.40. The molecule has 2 heteroatoms. The van der Waals surface area contributed by atoms with E-state index >= 15 is 0 Å². The van der Waals surface area contributed by atoms with Gasteiger partial charge in [0, 0.05) is 18.0 Å². The van der Waals surface area contributed by atoms with Gasteiger partial charge in [-0.1, -0.05) is 54.6 Å². The molecule has 1 nitrogen and oxygen atoms in total. The molecule has 0 aliphatic heterocycles. The van der Waals surface area contributed by atoms with E-state index in [2.05, 4.69) is 59.6 Å². The third kappa shape index (κ3) is 2.59. The summed E-state index contributed by atoms with van der Waals surface area (Å²) in [6.45, 7) is 0. The van der Waals surface area contributed by atoms with Gasteiger partial charge in [-0.05, 0) is 17.0 Å². The highest BCUT2D eigenvalue weighted by Gasteiger charge is 2.02. The molecule has 1 heterocycles. The van der Waals surface area contributed by atoms with Crippen molar-refractivity contribution in [1.82, 2.24) is 4.98 Å². The summed E-state index contributed by atoms with van der Waals surface area (Å²) in [5.41, 5.74) is 2.45. The van der Waals surface area contributed by atoms with E-state index in [1.54, 1.807) is 0 Å². The molecular formula is C16H14BrN. The van der Waals surface area contributed by atoms with E-state index < -0.39 is 0 Å². The van der Waals surface area contributed by atoms with Crippen LogP contribution in [-0.2, 0) is 6.42 Å². The number of hydrogen-bond donors (Lipinski definition) is 0. The molecule has 0 radical (unpaired) electrons. The minimum atomic E-state index is 0. The first-order valence-electron chi connectivity index (χ1n) is 5.80. The maximum Gasteiger partial charge on any atom is 0.0525 e. The fraction of sp³-hybridized carbons (Fsp3) is 0.0625. The quantitative estimate of drug-likeness (QED) is 0.683. The smallest absolute Gasteiger partial charge is 0.0525 e. The van der Waals surface area contributed by atoms with Crippen molar-refractivity contribution < 1.29 is 0 Å². The Morgan fingerprint density at radius 1 is 0.778 bits per heavy atom. The number of pyridine rings is 1. The van der Waals surface area contributed by atoms with Gasteiger partial charge >= 0.3 is 0 Å². The highest BCUT2D eigenvalue weighted by molar-refractivity contribution is 8.93. The van der Waals surface area contributed by atoms with Crippen LogP contribution in [0.4, 0.5) is 0 Å². The van der Waals surface area contributed by atoms with E-state index in [0.29, 0.717) is 0 Å². The third-order valence-electron chi connectivity index (χ3n) is 2.97. The lowest BCUT2D eigenvalue weighted by Crippen LogP contribution is -1.93. The molecule has 0 amide bonds. The molecule has 2 aromatic carbocycles. The van der Waals surface area contributed by atoms with Crippen LogP contribution in [0.2, 0.25) is 0 Å². The van der Waals surface area contributed by atoms with Crippen LogP contribution in [0.5, 0.6) is 0 Å². The van der Waals surface area contributed by atoms with Gasteiger partial charge in [0.15, 0.2) is 0 Å². The zero-order chi connectivity index (χ0) is 11.5. The van der Waals surface area contributed by atoms with E-state index in [-0.39, 0.29) is 17.0 Å². The average Bonchev–Trinajstić information content (AvgIpc) is 2.40. The lowest BCUT2D eigenvalue weighted by molar-refractivity contribution is 1.10. The van der Waals surface area contributed by atoms with Gasteiger partial charge in [-0.3, -0.25) is 4.98 Å². The number of hydrogen-bond acceptors (Lipinski definition) is 1. The summed E-state index contributed by atoms with van der Waals surface area (Å²) in [5, 5.41) is 2.51. The molecule has 0 spiro atoms. The third-order valence-corrected chi connectivity index (χ3v) is 2.97. The molecule has 1 aromatic heterocycles. The van der Waals surface area contributed by atoms with Gasteiger partial charge < -0.3 is 0 Å². The molecule has 0 fully saturated rings. The molecule has 0 aliphatic carbocycles. The normalized spacial score (nSPS) is 10.0. The monoisotopic (exact) mass is 299 g/mol. The Balaban J connectivity index is 0.00000120. The van der Waals surface area contributed by atoms with Gasteiger partial charge in [0.25, 0.3) is 0 Å². The molecular weight excluding hydrogens is 286 g/mol. The average molecular weight is 300 g/mol. The number of rotatable bonds is 2. The first kappa shape index (κ1) is 12.8. The second-order valence-corrected chi connectivity index (χ2v) is 4.14. The molecule has 3 rings (SSSR count). The van der Waals surface area contributed by atoms with E-state index in [0.717, 1.165) is 12.1 Å². The maximum absolute atomic E-state index is 4.50. The van der Waals surface area contributed by atoms with Crippen LogP contribution in [0.1, 0.15) is 11.3 Å². The lowest BCUT2D eigenvalue weighted by atomic mass is 10.0. The minimum absolute atomic E-state index is 0. The Morgan fingerprint density at radius 2 is 1.50 bits per heavy atom. The van der Waals surface area contributed by atoms with Crippen molar-refractivity contribution in [1.29, 1.82) is 0 Å². The standard InChI is InChI=1S/C16H13N.BrH/c1-2-6-13(7-3-1)12-16-15-9-5-4-8-14(15)10-11-17-16;/h1-11H,12H2;1H. The van der Waals surface area contributed by atoms with Gasteiger partial charge in [0.1, 0.15) is 0 Å². The SMILES string of the molecule is Br.c1ccc(Cc2nccc3ccccc23)cc1.